The van der Waals surface area contributed by atoms with E-state index in [-0.39, 0.29) is 17.7 Å². The molecule has 4 aliphatic rings. The lowest BCUT2D eigenvalue weighted by molar-refractivity contribution is -0.122. The summed E-state index contributed by atoms with van der Waals surface area (Å²) in [5.41, 5.74) is 4.71. The summed E-state index contributed by atoms with van der Waals surface area (Å²) in [6.45, 7) is 0. The number of halogens is 1. The molecule has 0 saturated carbocycles. The lowest BCUT2D eigenvalue weighted by Crippen LogP contribution is -2.54. The first-order valence-electron chi connectivity index (χ1n) is 12.6. The van der Waals surface area contributed by atoms with Crippen LogP contribution in [0.2, 0.25) is 0 Å². The molecule has 8 rings (SSSR count). The molecule has 1 heterocycles. The molecular weight excluding hydrogens is 540 g/mol. The van der Waals surface area contributed by atoms with Gasteiger partial charge in [0, 0.05) is 16.6 Å². The third-order valence-electron chi connectivity index (χ3n) is 8.24. The van der Waals surface area contributed by atoms with E-state index in [0.29, 0.717) is 11.4 Å². The Labute approximate surface area is 228 Å². The maximum Gasteiger partial charge on any atom is 0.239 e. The maximum absolute atomic E-state index is 14.4. The van der Waals surface area contributed by atoms with Gasteiger partial charge in [-0.1, -0.05) is 70.5 Å². The van der Waals surface area contributed by atoms with Crippen LogP contribution in [0.3, 0.4) is 0 Å². The number of aliphatic imine (C=N–C) groups is 1. The fraction of sp³-hybridized carbons (Fsp3) is 0.156. The first kappa shape index (κ1) is 23.1. The number of rotatable bonds is 4. The van der Waals surface area contributed by atoms with E-state index in [1.54, 1.807) is 31.4 Å². The molecule has 186 valence electrons. The molecule has 2 amide bonds. The summed E-state index contributed by atoms with van der Waals surface area (Å²) in [5.74, 6) is -1.03. The quantitative estimate of drug-likeness (QED) is 0.213. The predicted molar refractivity (Wildman–Crippen MR) is 150 cm³/mol. The molecule has 1 aliphatic heterocycles. The Morgan fingerprint density at radius 1 is 0.842 bits per heavy atom. The highest BCUT2D eigenvalue weighted by Crippen LogP contribution is 2.63. The van der Waals surface area contributed by atoms with Crippen LogP contribution in [0.4, 0.5) is 11.4 Å². The summed E-state index contributed by atoms with van der Waals surface area (Å²) >= 11 is 3.54. The standard InChI is InChI=1S/C32H23BrN2O3/c1-38-22-15-13-21(14-16-22)35-30(36)28-27-23-9-2-4-11-25(23)32(29(28)31(35)37,26-12-5-3-10-24(26)27)18-34-20-8-6-7-19(33)17-20/h2-18,27-29H,1H3/t27?,28-,29+,32?/m0/s1. The van der Waals surface area contributed by atoms with Crippen molar-refractivity contribution in [2.24, 2.45) is 16.8 Å². The van der Waals surface area contributed by atoms with Crippen molar-refractivity contribution in [3.8, 4) is 5.75 Å². The van der Waals surface area contributed by atoms with E-state index in [0.717, 1.165) is 32.4 Å². The van der Waals surface area contributed by atoms with Crippen molar-refractivity contribution in [1.29, 1.82) is 0 Å². The number of methoxy groups -OCH3 is 1. The van der Waals surface area contributed by atoms with Crippen LogP contribution in [-0.2, 0) is 15.0 Å². The molecule has 0 unspecified atom stereocenters. The average molecular weight is 563 g/mol. The molecule has 0 radical (unpaired) electrons. The Balaban J connectivity index is 1.48. The van der Waals surface area contributed by atoms with Gasteiger partial charge in [-0.25, -0.2) is 4.90 Å². The Morgan fingerprint density at radius 2 is 1.50 bits per heavy atom. The van der Waals surface area contributed by atoms with Crippen LogP contribution < -0.4 is 9.64 Å². The second kappa shape index (κ2) is 8.50. The molecule has 1 fully saturated rings. The average Bonchev–Trinajstić information content (AvgIpc) is 3.23. The van der Waals surface area contributed by atoms with Gasteiger partial charge in [-0.15, -0.1) is 0 Å². The Morgan fingerprint density at radius 3 is 2.13 bits per heavy atom. The largest absolute Gasteiger partial charge is 0.497 e. The van der Waals surface area contributed by atoms with Gasteiger partial charge in [-0.2, -0.15) is 0 Å². The highest BCUT2D eigenvalue weighted by atomic mass is 79.9. The molecule has 6 heteroatoms. The molecule has 0 N–H and O–H groups in total. The molecule has 4 aromatic rings. The lowest BCUT2D eigenvalue weighted by Gasteiger charge is -2.52. The molecule has 4 aromatic carbocycles. The van der Waals surface area contributed by atoms with Crippen LogP contribution in [-0.4, -0.2) is 25.1 Å². The molecule has 3 aliphatic carbocycles. The number of benzene rings is 4. The van der Waals surface area contributed by atoms with E-state index in [1.807, 2.05) is 54.7 Å². The zero-order valence-corrected chi connectivity index (χ0v) is 22.1. The van der Waals surface area contributed by atoms with Crippen LogP contribution in [0, 0.1) is 11.8 Å². The van der Waals surface area contributed by atoms with E-state index in [9.17, 15) is 9.59 Å². The number of carbonyl (C=O) groups excluding carboxylic acids is 2. The first-order valence-corrected chi connectivity index (χ1v) is 13.4. The smallest absolute Gasteiger partial charge is 0.239 e. The monoisotopic (exact) mass is 562 g/mol. The number of hydrogen-bond acceptors (Lipinski definition) is 4. The third-order valence-corrected chi connectivity index (χ3v) is 8.73. The van der Waals surface area contributed by atoms with Gasteiger partial charge in [-0.05, 0) is 64.7 Å². The van der Waals surface area contributed by atoms with Gasteiger partial charge in [0.15, 0.2) is 0 Å². The van der Waals surface area contributed by atoms with Gasteiger partial charge in [0.25, 0.3) is 0 Å². The van der Waals surface area contributed by atoms with E-state index in [4.69, 9.17) is 9.73 Å². The molecule has 0 aromatic heterocycles. The van der Waals surface area contributed by atoms with Crippen molar-refractivity contribution >= 4 is 45.3 Å². The minimum Gasteiger partial charge on any atom is -0.497 e. The Kier molecular flexibility index (Phi) is 5.17. The number of ether oxygens (including phenoxy) is 1. The SMILES string of the molecule is COc1ccc(N2C(=O)[C@H]3C4c5ccccc5C(C=Nc5cccc(Br)c5)(c5ccccc54)[C@H]3C2=O)cc1. The summed E-state index contributed by atoms with van der Waals surface area (Å²) in [7, 11) is 1.59. The van der Waals surface area contributed by atoms with E-state index >= 15 is 0 Å². The van der Waals surface area contributed by atoms with Crippen molar-refractivity contribution in [2.45, 2.75) is 11.3 Å². The van der Waals surface area contributed by atoms with Gasteiger partial charge in [0.2, 0.25) is 11.8 Å². The first-order chi connectivity index (χ1) is 18.5. The zero-order chi connectivity index (χ0) is 26.0. The van der Waals surface area contributed by atoms with E-state index in [1.165, 1.54) is 4.90 Å². The highest BCUT2D eigenvalue weighted by molar-refractivity contribution is 9.10. The van der Waals surface area contributed by atoms with Gasteiger partial charge >= 0.3 is 0 Å². The number of anilines is 1. The zero-order valence-electron chi connectivity index (χ0n) is 20.5. The number of nitrogens with zero attached hydrogens (tertiary/aromatic N) is 2. The molecule has 2 atom stereocenters. The van der Waals surface area contributed by atoms with E-state index < -0.39 is 17.3 Å². The van der Waals surface area contributed by atoms with Gasteiger partial charge in [0.05, 0.1) is 35.7 Å². The molecule has 38 heavy (non-hydrogen) atoms. The molecule has 5 nitrogen and oxygen atoms in total. The highest BCUT2D eigenvalue weighted by Gasteiger charge is 2.67. The summed E-state index contributed by atoms with van der Waals surface area (Å²) in [6.07, 6.45) is 1.92. The number of imide groups is 1. The van der Waals surface area contributed by atoms with Crippen molar-refractivity contribution in [3.63, 3.8) is 0 Å². The minimum atomic E-state index is -0.886. The van der Waals surface area contributed by atoms with E-state index in [2.05, 4.69) is 40.2 Å². The summed E-state index contributed by atoms with van der Waals surface area (Å²) in [4.78, 5) is 34.9. The summed E-state index contributed by atoms with van der Waals surface area (Å²) in [6, 6.07) is 31.3. The van der Waals surface area contributed by atoms with Gasteiger partial charge in [-0.3, -0.25) is 14.6 Å². The normalized spacial score (nSPS) is 24.9. The third kappa shape index (κ3) is 3.07. The molecule has 1 saturated heterocycles. The van der Waals surface area contributed by atoms with Crippen molar-refractivity contribution < 1.29 is 14.3 Å². The van der Waals surface area contributed by atoms with Crippen LogP contribution in [0.15, 0.2) is 107 Å². The van der Waals surface area contributed by atoms with Crippen LogP contribution >= 0.6 is 15.9 Å². The summed E-state index contributed by atoms with van der Waals surface area (Å²) < 4.78 is 6.22. The number of amides is 2. The topological polar surface area (TPSA) is 59.0 Å². The van der Waals surface area contributed by atoms with Crippen molar-refractivity contribution in [2.75, 3.05) is 12.0 Å². The summed E-state index contributed by atoms with van der Waals surface area (Å²) in [5, 5.41) is 0. The number of hydrogen-bond donors (Lipinski definition) is 0. The molecule has 2 bridgehead atoms. The maximum atomic E-state index is 14.4. The second-order valence-electron chi connectivity index (χ2n) is 9.97. The fourth-order valence-corrected chi connectivity index (χ4v) is 7.16. The van der Waals surface area contributed by atoms with Crippen LogP contribution in [0.5, 0.6) is 5.75 Å². The Hall–Kier alpha value is -4.03. The Bertz CT molecular complexity index is 1600. The second-order valence-corrected chi connectivity index (χ2v) is 10.9. The predicted octanol–water partition coefficient (Wildman–Crippen LogP) is 6.41. The lowest BCUT2D eigenvalue weighted by atomic mass is 9.47. The van der Waals surface area contributed by atoms with Gasteiger partial charge in [0.1, 0.15) is 5.75 Å². The van der Waals surface area contributed by atoms with Gasteiger partial charge < -0.3 is 4.74 Å². The van der Waals surface area contributed by atoms with Crippen molar-refractivity contribution in [1.82, 2.24) is 0 Å². The number of carbonyl (C=O) groups is 2. The van der Waals surface area contributed by atoms with Crippen LogP contribution in [0.1, 0.15) is 28.2 Å². The van der Waals surface area contributed by atoms with Crippen LogP contribution in [0.25, 0.3) is 0 Å². The molecule has 0 spiro atoms. The minimum absolute atomic E-state index is 0.167. The van der Waals surface area contributed by atoms with Crippen molar-refractivity contribution in [3.05, 3.63) is 124 Å². The fourth-order valence-electron chi connectivity index (χ4n) is 6.77. The molecular formula is C32H23BrN2O3.